The Morgan fingerprint density at radius 2 is 1.71 bits per heavy atom. The summed E-state index contributed by atoms with van der Waals surface area (Å²) in [5, 5.41) is 4.93. The van der Waals surface area contributed by atoms with Gasteiger partial charge in [0.25, 0.3) is 5.91 Å². The highest BCUT2D eigenvalue weighted by Gasteiger charge is 2.43. The van der Waals surface area contributed by atoms with Crippen LogP contribution in [-0.4, -0.2) is 24.7 Å². The Labute approximate surface area is 135 Å². The van der Waals surface area contributed by atoms with E-state index in [-0.39, 0.29) is 23.7 Å². The summed E-state index contributed by atoms with van der Waals surface area (Å²) in [6, 6.07) is 12.3. The molecule has 3 rings (SSSR count). The predicted octanol–water partition coefficient (Wildman–Crippen LogP) is 2.38. The number of rotatable bonds is 4. The van der Waals surface area contributed by atoms with E-state index in [0.717, 1.165) is 0 Å². The molecular formula is C16H12F2N2O4. The first kappa shape index (κ1) is 15.7. The molecule has 2 aromatic rings. The molecule has 2 N–H and O–H groups in total. The molecule has 8 heteroatoms. The lowest BCUT2D eigenvalue weighted by Gasteiger charge is -2.07. The van der Waals surface area contributed by atoms with E-state index in [2.05, 4.69) is 20.1 Å². The Balaban J connectivity index is 1.56. The van der Waals surface area contributed by atoms with Gasteiger partial charge in [-0.3, -0.25) is 9.59 Å². The molecule has 0 bridgehead atoms. The van der Waals surface area contributed by atoms with Crippen LogP contribution in [0.1, 0.15) is 10.4 Å². The highest BCUT2D eigenvalue weighted by molar-refractivity contribution is 5.99. The average Bonchev–Trinajstić information content (AvgIpc) is 2.86. The van der Waals surface area contributed by atoms with Crippen molar-refractivity contribution in [1.82, 2.24) is 5.32 Å². The number of nitrogens with one attached hydrogen (secondary N) is 2. The fourth-order valence-electron chi connectivity index (χ4n) is 2.08. The van der Waals surface area contributed by atoms with Gasteiger partial charge in [0.1, 0.15) is 0 Å². The van der Waals surface area contributed by atoms with Crippen LogP contribution in [0.3, 0.4) is 0 Å². The van der Waals surface area contributed by atoms with Crippen molar-refractivity contribution < 1.29 is 27.8 Å². The van der Waals surface area contributed by atoms with Gasteiger partial charge in [-0.15, -0.1) is 8.78 Å². The van der Waals surface area contributed by atoms with Gasteiger partial charge in [-0.1, -0.05) is 18.2 Å². The van der Waals surface area contributed by atoms with Crippen molar-refractivity contribution in [3.8, 4) is 11.5 Å². The number of anilines is 1. The molecule has 1 aliphatic rings. The fourth-order valence-corrected chi connectivity index (χ4v) is 2.08. The second-order valence-corrected chi connectivity index (χ2v) is 4.93. The third-order valence-corrected chi connectivity index (χ3v) is 3.13. The normalized spacial score (nSPS) is 14.1. The van der Waals surface area contributed by atoms with Crippen molar-refractivity contribution in [2.24, 2.45) is 0 Å². The Bertz CT molecular complexity index is 781. The van der Waals surface area contributed by atoms with Crippen LogP contribution < -0.4 is 20.1 Å². The zero-order chi connectivity index (χ0) is 17.2. The molecule has 2 aromatic carbocycles. The van der Waals surface area contributed by atoms with Gasteiger partial charge < -0.3 is 20.1 Å². The summed E-state index contributed by atoms with van der Waals surface area (Å²) in [6.07, 6.45) is -3.71. The van der Waals surface area contributed by atoms with Crippen LogP contribution in [0, 0.1) is 0 Å². The molecule has 0 aromatic heterocycles. The molecule has 0 atom stereocenters. The number of hydrogen-bond donors (Lipinski definition) is 2. The minimum absolute atomic E-state index is 0.115. The van der Waals surface area contributed by atoms with Crippen molar-refractivity contribution >= 4 is 17.5 Å². The average molecular weight is 334 g/mol. The first-order valence-electron chi connectivity index (χ1n) is 6.96. The van der Waals surface area contributed by atoms with Gasteiger partial charge in [-0.25, -0.2) is 0 Å². The van der Waals surface area contributed by atoms with E-state index in [1.54, 1.807) is 30.3 Å². The van der Waals surface area contributed by atoms with Crippen LogP contribution in [0.15, 0.2) is 48.5 Å². The van der Waals surface area contributed by atoms with Crippen molar-refractivity contribution in [3.05, 3.63) is 54.1 Å². The summed E-state index contributed by atoms with van der Waals surface area (Å²) in [6.45, 7) is -0.266. The van der Waals surface area contributed by atoms with Crippen LogP contribution in [0.4, 0.5) is 14.5 Å². The maximum Gasteiger partial charge on any atom is 0.586 e. The lowest BCUT2D eigenvalue weighted by molar-refractivity contribution is -0.286. The van der Waals surface area contributed by atoms with E-state index in [0.29, 0.717) is 5.56 Å². The predicted molar refractivity (Wildman–Crippen MR) is 80.0 cm³/mol. The third-order valence-electron chi connectivity index (χ3n) is 3.13. The molecule has 1 heterocycles. The minimum Gasteiger partial charge on any atom is -0.395 e. The summed E-state index contributed by atoms with van der Waals surface area (Å²) < 4.78 is 34.4. The molecule has 2 amide bonds. The highest BCUT2D eigenvalue weighted by atomic mass is 19.3. The smallest absolute Gasteiger partial charge is 0.395 e. The van der Waals surface area contributed by atoms with Crippen LogP contribution >= 0.6 is 0 Å². The van der Waals surface area contributed by atoms with E-state index in [4.69, 9.17) is 0 Å². The summed E-state index contributed by atoms with van der Waals surface area (Å²) in [4.78, 5) is 23.6. The number of carbonyl (C=O) groups is 2. The van der Waals surface area contributed by atoms with Crippen molar-refractivity contribution in [1.29, 1.82) is 0 Å². The molecule has 6 nitrogen and oxygen atoms in total. The minimum atomic E-state index is -3.71. The van der Waals surface area contributed by atoms with E-state index in [9.17, 15) is 18.4 Å². The SMILES string of the molecule is O=C(CNC(=O)c1ccccc1)Nc1ccc2c(c1)OC(F)(F)O2. The summed E-state index contributed by atoms with van der Waals surface area (Å²) in [7, 11) is 0. The fraction of sp³-hybridized carbons (Fsp3) is 0.125. The van der Waals surface area contributed by atoms with E-state index in [1.807, 2.05) is 0 Å². The van der Waals surface area contributed by atoms with Gasteiger partial charge in [0, 0.05) is 17.3 Å². The molecular weight excluding hydrogens is 322 g/mol. The van der Waals surface area contributed by atoms with Gasteiger partial charge in [-0.2, -0.15) is 0 Å². The first-order chi connectivity index (χ1) is 11.4. The third kappa shape index (κ3) is 3.60. The molecule has 124 valence electrons. The highest BCUT2D eigenvalue weighted by Crippen LogP contribution is 2.42. The molecule has 0 aliphatic carbocycles. The summed E-state index contributed by atoms with van der Waals surface area (Å²) in [5.74, 6) is -1.19. The molecule has 0 saturated carbocycles. The number of hydrogen-bond acceptors (Lipinski definition) is 4. The maximum atomic E-state index is 12.9. The van der Waals surface area contributed by atoms with E-state index < -0.39 is 18.1 Å². The molecule has 24 heavy (non-hydrogen) atoms. The number of halogens is 2. The Hall–Kier alpha value is -3.16. The Morgan fingerprint density at radius 3 is 2.46 bits per heavy atom. The Morgan fingerprint density at radius 1 is 1.00 bits per heavy atom. The number of benzene rings is 2. The van der Waals surface area contributed by atoms with Gasteiger partial charge >= 0.3 is 6.29 Å². The molecule has 0 spiro atoms. The van der Waals surface area contributed by atoms with Crippen molar-refractivity contribution in [3.63, 3.8) is 0 Å². The number of carbonyl (C=O) groups excluding carboxylic acids is 2. The Kier molecular flexibility index (Phi) is 4.03. The van der Waals surface area contributed by atoms with Gasteiger partial charge in [0.05, 0.1) is 6.54 Å². The molecule has 0 fully saturated rings. The lowest BCUT2D eigenvalue weighted by atomic mass is 10.2. The largest absolute Gasteiger partial charge is 0.586 e. The molecule has 0 unspecified atom stereocenters. The van der Waals surface area contributed by atoms with Crippen LogP contribution in [-0.2, 0) is 4.79 Å². The number of fused-ring (bicyclic) bond motifs is 1. The zero-order valence-electron chi connectivity index (χ0n) is 12.2. The first-order valence-corrected chi connectivity index (χ1v) is 6.96. The van der Waals surface area contributed by atoms with Crippen molar-refractivity contribution in [2.45, 2.75) is 6.29 Å². The number of alkyl halides is 2. The number of ether oxygens (including phenoxy) is 2. The van der Waals surface area contributed by atoms with E-state index >= 15 is 0 Å². The standard InChI is InChI=1S/C16H12F2N2O4/c17-16(18)23-12-7-6-11(8-13(12)24-16)20-14(21)9-19-15(22)10-4-2-1-3-5-10/h1-8H,9H2,(H,19,22)(H,20,21). The summed E-state index contributed by atoms with van der Waals surface area (Å²) in [5.41, 5.74) is 0.671. The van der Waals surface area contributed by atoms with Crippen molar-refractivity contribution in [2.75, 3.05) is 11.9 Å². The summed E-state index contributed by atoms with van der Waals surface area (Å²) >= 11 is 0. The van der Waals surface area contributed by atoms with Gasteiger partial charge in [0.15, 0.2) is 11.5 Å². The number of amides is 2. The van der Waals surface area contributed by atoms with Gasteiger partial charge in [0.2, 0.25) is 5.91 Å². The molecule has 0 radical (unpaired) electrons. The second-order valence-electron chi connectivity index (χ2n) is 4.93. The second kappa shape index (κ2) is 6.15. The van der Waals surface area contributed by atoms with E-state index in [1.165, 1.54) is 18.2 Å². The molecule has 1 aliphatic heterocycles. The quantitative estimate of drug-likeness (QED) is 0.900. The monoisotopic (exact) mass is 334 g/mol. The zero-order valence-corrected chi connectivity index (χ0v) is 12.2. The topological polar surface area (TPSA) is 76.7 Å². The van der Waals surface area contributed by atoms with Crippen LogP contribution in [0.25, 0.3) is 0 Å². The lowest BCUT2D eigenvalue weighted by Crippen LogP contribution is -2.32. The maximum absolute atomic E-state index is 12.9. The molecule has 0 saturated heterocycles. The van der Waals surface area contributed by atoms with Crippen LogP contribution in [0.2, 0.25) is 0 Å². The van der Waals surface area contributed by atoms with Crippen LogP contribution in [0.5, 0.6) is 11.5 Å². The van der Waals surface area contributed by atoms with Gasteiger partial charge in [-0.05, 0) is 24.3 Å².